The van der Waals surface area contributed by atoms with Crippen LogP contribution in [-0.2, 0) is 5.54 Å². The van der Waals surface area contributed by atoms with Crippen molar-refractivity contribution in [2.24, 2.45) is 0 Å². The molecule has 0 atom stereocenters. The van der Waals surface area contributed by atoms with Crippen molar-refractivity contribution < 1.29 is 0 Å². The van der Waals surface area contributed by atoms with Crippen LogP contribution in [0.1, 0.15) is 31.7 Å². The Balaban J connectivity index is 2.20. The fraction of sp³-hybridized carbons (Fsp3) is 0.692. The van der Waals surface area contributed by atoms with Gasteiger partial charge in [0.25, 0.3) is 0 Å². The van der Waals surface area contributed by atoms with E-state index in [1.54, 1.807) is 0 Å². The van der Waals surface area contributed by atoms with Gasteiger partial charge in [-0.3, -0.25) is 4.68 Å². The van der Waals surface area contributed by atoms with E-state index in [-0.39, 0.29) is 5.54 Å². The third-order valence-corrected chi connectivity index (χ3v) is 3.84. The molecule has 0 radical (unpaired) electrons. The summed E-state index contributed by atoms with van der Waals surface area (Å²) in [5.74, 6) is 0. The number of aromatic nitrogens is 2. The second-order valence-electron chi connectivity index (χ2n) is 4.96. The molecule has 0 aliphatic carbocycles. The molecule has 4 nitrogen and oxygen atoms in total. The molecule has 17 heavy (non-hydrogen) atoms. The Labute approximate surface area is 103 Å². The molecule has 1 aliphatic rings. The van der Waals surface area contributed by atoms with Crippen LogP contribution in [0.5, 0.6) is 0 Å². The number of aryl methyl sites for hydroxylation is 1. The number of piperidine rings is 1. The summed E-state index contributed by atoms with van der Waals surface area (Å²) < 4.78 is 2.03. The topological polar surface area (TPSA) is 44.9 Å². The van der Waals surface area contributed by atoms with E-state index in [9.17, 15) is 0 Å². The second kappa shape index (κ2) is 4.89. The van der Waals surface area contributed by atoms with Crippen LogP contribution in [-0.4, -0.2) is 34.3 Å². The first-order chi connectivity index (χ1) is 8.20. The van der Waals surface area contributed by atoms with Crippen LogP contribution in [0.15, 0.2) is 12.4 Å². The third kappa shape index (κ3) is 2.34. The molecule has 4 heteroatoms. The molecule has 2 heterocycles. The number of hydrogen-bond acceptors (Lipinski definition) is 3. The van der Waals surface area contributed by atoms with Crippen LogP contribution in [0.4, 0.5) is 0 Å². The summed E-state index contributed by atoms with van der Waals surface area (Å²) in [4.78, 5) is 2.44. The fourth-order valence-corrected chi connectivity index (χ4v) is 2.59. The van der Waals surface area contributed by atoms with Gasteiger partial charge < -0.3 is 4.90 Å². The number of rotatable bonds is 3. The Morgan fingerprint density at radius 2 is 2.18 bits per heavy atom. The SMILES string of the molecule is CCN1CCC(CC#N)(n2cc(C)cn2)CC1. The van der Waals surface area contributed by atoms with Gasteiger partial charge in [0.15, 0.2) is 0 Å². The molecule has 0 N–H and O–H groups in total. The average molecular weight is 232 g/mol. The molecule has 0 unspecified atom stereocenters. The van der Waals surface area contributed by atoms with Gasteiger partial charge in [-0.2, -0.15) is 10.4 Å². The lowest BCUT2D eigenvalue weighted by atomic mass is 9.85. The highest BCUT2D eigenvalue weighted by Crippen LogP contribution is 2.32. The molecule has 0 spiro atoms. The Hall–Kier alpha value is -1.34. The zero-order valence-electron chi connectivity index (χ0n) is 10.7. The lowest BCUT2D eigenvalue weighted by Crippen LogP contribution is -2.46. The van der Waals surface area contributed by atoms with Crippen LogP contribution < -0.4 is 0 Å². The second-order valence-corrected chi connectivity index (χ2v) is 4.96. The minimum absolute atomic E-state index is 0.0747. The summed E-state index contributed by atoms with van der Waals surface area (Å²) in [5, 5.41) is 13.5. The minimum atomic E-state index is -0.0747. The van der Waals surface area contributed by atoms with Crippen molar-refractivity contribution in [1.82, 2.24) is 14.7 Å². The van der Waals surface area contributed by atoms with Crippen molar-refractivity contribution in [3.63, 3.8) is 0 Å². The summed E-state index contributed by atoms with van der Waals surface area (Å²) in [6.45, 7) is 7.47. The van der Waals surface area contributed by atoms with Crippen molar-refractivity contribution in [2.75, 3.05) is 19.6 Å². The van der Waals surface area contributed by atoms with Crippen molar-refractivity contribution in [2.45, 2.75) is 38.6 Å². The van der Waals surface area contributed by atoms with E-state index in [2.05, 4.69) is 29.2 Å². The zero-order valence-corrected chi connectivity index (χ0v) is 10.7. The number of hydrogen-bond donors (Lipinski definition) is 0. The van der Waals surface area contributed by atoms with E-state index in [1.165, 1.54) is 5.56 Å². The van der Waals surface area contributed by atoms with E-state index in [1.807, 2.05) is 17.8 Å². The normalized spacial score (nSPS) is 20.1. The molecule has 0 amide bonds. The van der Waals surface area contributed by atoms with Crippen LogP contribution in [0.2, 0.25) is 0 Å². The predicted octanol–water partition coefficient (Wildman–Crippen LogP) is 1.92. The fourth-order valence-electron chi connectivity index (χ4n) is 2.59. The van der Waals surface area contributed by atoms with E-state index in [0.29, 0.717) is 6.42 Å². The van der Waals surface area contributed by atoms with Gasteiger partial charge in [-0.15, -0.1) is 0 Å². The van der Waals surface area contributed by atoms with Gasteiger partial charge in [0, 0.05) is 19.3 Å². The quantitative estimate of drug-likeness (QED) is 0.799. The summed E-state index contributed by atoms with van der Waals surface area (Å²) in [7, 11) is 0. The minimum Gasteiger partial charge on any atom is -0.303 e. The van der Waals surface area contributed by atoms with Gasteiger partial charge in [-0.1, -0.05) is 6.92 Å². The number of nitriles is 1. The lowest BCUT2D eigenvalue weighted by molar-refractivity contribution is 0.106. The van der Waals surface area contributed by atoms with Gasteiger partial charge in [0.05, 0.1) is 24.2 Å². The highest BCUT2D eigenvalue weighted by molar-refractivity contribution is 5.06. The summed E-state index contributed by atoms with van der Waals surface area (Å²) in [6, 6.07) is 2.34. The molecule has 1 aliphatic heterocycles. The largest absolute Gasteiger partial charge is 0.303 e. The van der Waals surface area contributed by atoms with Crippen LogP contribution in [0.3, 0.4) is 0 Å². The molecule has 1 saturated heterocycles. The van der Waals surface area contributed by atoms with E-state index in [4.69, 9.17) is 5.26 Å². The highest BCUT2D eigenvalue weighted by Gasteiger charge is 2.36. The highest BCUT2D eigenvalue weighted by atomic mass is 15.3. The predicted molar refractivity (Wildman–Crippen MR) is 66.5 cm³/mol. The first-order valence-corrected chi connectivity index (χ1v) is 6.31. The number of likely N-dealkylation sites (tertiary alicyclic amines) is 1. The molecular formula is C13H20N4. The summed E-state index contributed by atoms with van der Waals surface area (Å²) in [6.07, 6.45) is 6.56. The van der Waals surface area contributed by atoms with E-state index < -0.39 is 0 Å². The van der Waals surface area contributed by atoms with Crippen molar-refractivity contribution in [3.8, 4) is 6.07 Å². The molecule has 0 bridgehead atoms. The van der Waals surface area contributed by atoms with Crippen molar-refractivity contribution in [3.05, 3.63) is 18.0 Å². The molecular weight excluding hydrogens is 212 g/mol. The smallest absolute Gasteiger partial charge is 0.0781 e. The molecule has 0 aromatic carbocycles. The third-order valence-electron chi connectivity index (χ3n) is 3.84. The molecule has 1 aromatic rings. The standard InChI is InChI=1S/C13H20N4/c1-3-16-8-5-13(4-7-14,6-9-16)17-11-12(2)10-15-17/h10-11H,3-6,8-9H2,1-2H3. The molecule has 0 saturated carbocycles. The van der Waals surface area contributed by atoms with Gasteiger partial charge in [0.1, 0.15) is 0 Å². The average Bonchev–Trinajstić information content (AvgIpc) is 2.78. The lowest BCUT2D eigenvalue weighted by Gasteiger charge is -2.40. The van der Waals surface area contributed by atoms with Crippen molar-refractivity contribution in [1.29, 1.82) is 5.26 Å². The maximum atomic E-state index is 9.07. The summed E-state index contributed by atoms with van der Waals surface area (Å²) in [5.41, 5.74) is 1.09. The first kappa shape index (κ1) is 12.1. The van der Waals surface area contributed by atoms with Crippen LogP contribution >= 0.6 is 0 Å². The molecule has 1 aromatic heterocycles. The Morgan fingerprint density at radius 1 is 1.47 bits per heavy atom. The monoisotopic (exact) mass is 232 g/mol. The van der Waals surface area contributed by atoms with Crippen molar-refractivity contribution >= 4 is 0 Å². The maximum Gasteiger partial charge on any atom is 0.0781 e. The molecule has 2 rings (SSSR count). The molecule has 92 valence electrons. The van der Waals surface area contributed by atoms with E-state index >= 15 is 0 Å². The first-order valence-electron chi connectivity index (χ1n) is 6.31. The Morgan fingerprint density at radius 3 is 2.65 bits per heavy atom. The van der Waals surface area contributed by atoms with Gasteiger partial charge in [-0.25, -0.2) is 0 Å². The van der Waals surface area contributed by atoms with Gasteiger partial charge in [-0.05, 0) is 31.9 Å². The van der Waals surface area contributed by atoms with Crippen LogP contribution in [0, 0.1) is 18.3 Å². The van der Waals surface area contributed by atoms with Gasteiger partial charge >= 0.3 is 0 Å². The Bertz CT molecular complexity index is 407. The molecule has 1 fully saturated rings. The van der Waals surface area contributed by atoms with Crippen LogP contribution in [0.25, 0.3) is 0 Å². The Kier molecular flexibility index (Phi) is 3.49. The summed E-state index contributed by atoms with van der Waals surface area (Å²) >= 11 is 0. The van der Waals surface area contributed by atoms with Gasteiger partial charge in [0.2, 0.25) is 0 Å². The van der Waals surface area contributed by atoms with E-state index in [0.717, 1.165) is 32.5 Å². The number of nitrogens with zero attached hydrogens (tertiary/aromatic N) is 4. The zero-order chi connectivity index (χ0) is 12.3. The maximum absolute atomic E-state index is 9.07.